The van der Waals surface area contributed by atoms with Crippen LogP contribution in [0.5, 0.6) is 0 Å². The van der Waals surface area contributed by atoms with Gasteiger partial charge in [-0.2, -0.15) is 0 Å². The van der Waals surface area contributed by atoms with E-state index in [0.717, 1.165) is 32.1 Å². The molecule has 0 saturated heterocycles. The van der Waals surface area contributed by atoms with E-state index in [2.05, 4.69) is 24.5 Å². The fourth-order valence-electron chi connectivity index (χ4n) is 1.78. The Bertz CT molecular complexity index is 225. The van der Waals surface area contributed by atoms with Gasteiger partial charge in [0.05, 0.1) is 5.60 Å². The van der Waals surface area contributed by atoms with E-state index in [4.69, 9.17) is 0 Å². The molecule has 16 heavy (non-hydrogen) atoms. The van der Waals surface area contributed by atoms with Gasteiger partial charge in [-0.05, 0) is 38.0 Å². The van der Waals surface area contributed by atoms with Crippen LogP contribution in [0.15, 0.2) is 0 Å². The second-order valence-corrected chi connectivity index (χ2v) is 5.22. The Balaban J connectivity index is 1.98. The Labute approximate surface area is 97.8 Å². The molecule has 1 aliphatic rings. The molecule has 0 aliphatic heterocycles. The van der Waals surface area contributed by atoms with Crippen molar-refractivity contribution in [1.29, 1.82) is 0 Å². The molecule has 1 fully saturated rings. The number of rotatable bonds is 6. The van der Waals surface area contributed by atoms with E-state index in [1.54, 1.807) is 0 Å². The van der Waals surface area contributed by atoms with Crippen LogP contribution in [0, 0.1) is 5.92 Å². The van der Waals surface area contributed by atoms with Gasteiger partial charge < -0.3 is 15.7 Å². The average molecular weight is 228 g/mol. The zero-order valence-corrected chi connectivity index (χ0v) is 10.4. The summed E-state index contributed by atoms with van der Waals surface area (Å²) in [5.74, 6) is 0.681. The number of amides is 2. The lowest BCUT2D eigenvalue weighted by molar-refractivity contribution is -0.0290. The van der Waals surface area contributed by atoms with Gasteiger partial charge in [0, 0.05) is 13.1 Å². The number of carbonyl (C=O) groups excluding carboxylic acids is 1. The second-order valence-electron chi connectivity index (χ2n) is 5.22. The Morgan fingerprint density at radius 2 is 2.06 bits per heavy atom. The Hall–Kier alpha value is -0.770. The van der Waals surface area contributed by atoms with E-state index in [0.29, 0.717) is 19.0 Å². The predicted octanol–water partition coefficient (Wildman–Crippen LogP) is 1.64. The Kier molecular flexibility index (Phi) is 5.06. The maximum Gasteiger partial charge on any atom is 0.314 e. The molecule has 4 nitrogen and oxygen atoms in total. The number of carbonyl (C=O) groups is 1. The molecule has 4 heteroatoms. The highest BCUT2D eigenvalue weighted by atomic mass is 16.3. The Morgan fingerprint density at radius 3 is 2.56 bits per heavy atom. The van der Waals surface area contributed by atoms with E-state index < -0.39 is 5.60 Å². The minimum atomic E-state index is -0.630. The standard InChI is InChI=1S/C12H24N2O2/c1-10(2)5-3-8-13-11(15)14-9-12(16)6-4-7-12/h10,16H,3-9H2,1-2H3,(H2,13,14,15). The highest BCUT2D eigenvalue weighted by Crippen LogP contribution is 2.30. The summed E-state index contributed by atoms with van der Waals surface area (Å²) in [5.41, 5.74) is -0.630. The molecule has 0 aromatic heterocycles. The largest absolute Gasteiger partial charge is 0.388 e. The lowest BCUT2D eigenvalue weighted by Crippen LogP contribution is -2.50. The maximum absolute atomic E-state index is 11.3. The molecular weight excluding hydrogens is 204 g/mol. The van der Waals surface area contributed by atoms with Crippen molar-refractivity contribution in [3.05, 3.63) is 0 Å². The average Bonchev–Trinajstić information content (AvgIpc) is 2.18. The zero-order chi connectivity index (χ0) is 12.0. The molecular formula is C12H24N2O2. The molecule has 0 aromatic rings. The summed E-state index contributed by atoms with van der Waals surface area (Å²) in [5, 5.41) is 15.3. The summed E-state index contributed by atoms with van der Waals surface area (Å²) < 4.78 is 0. The first-order valence-corrected chi connectivity index (χ1v) is 6.26. The molecule has 0 bridgehead atoms. The van der Waals surface area contributed by atoms with Gasteiger partial charge in [0.1, 0.15) is 0 Å². The summed E-state index contributed by atoms with van der Waals surface area (Å²) in [7, 11) is 0. The zero-order valence-electron chi connectivity index (χ0n) is 10.4. The van der Waals surface area contributed by atoms with Crippen molar-refractivity contribution >= 4 is 6.03 Å². The first kappa shape index (κ1) is 13.3. The van der Waals surface area contributed by atoms with E-state index >= 15 is 0 Å². The van der Waals surface area contributed by atoms with Gasteiger partial charge in [-0.1, -0.05) is 13.8 Å². The van der Waals surface area contributed by atoms with Crippen molar-refractivity contribution < 1.29 is 9.90 Å². The van der Waals surface area contributed by atoms with Gasteiger partial charge in [-0.25, -0.2) is 4.79 Å². The topological polar surface area (TPSA) is 61.4 Å². The van der Waals surface area contributed by atoms with E-state index in [-0.39, 0.29) is 6.03 Å². The minimum Gasteiger partial charge on any atom is -0.388 e. The SMILES string of the molecule is CC(C)CCCNC(=O)NCC1(O)CCC1. The van der Waals surface area contributed by atoms with E-state index in [1.165, 1.54) is 0 Å². The van der Waals surface area contributed by atoms with Crippen LogP contribution in [0.1, 0.15) is 46.0 Å². The highest BCUT2D eigenvalue weighted by molar-refractivity contribution is 5.73. The van der Waals surface area contributed by atoms with Crippen molar-refractivity contribution in [2.75, 3.05) is 13.1 Å². The van der Waals surface area contributed by atoms with Crippen LogP contribution in [0.2, 0.25) is 0 Å². The molecule has 0 aromatic carbocycles. The predicted molar refractivity (Wildman–Crippen MR) is 64.3 cm³/mol. The van der Waals surface area contributed by atoms with Crippen molar-refractivity contribution in [2.24, 2.45) is 5.92 Å². The second kappa shape index (κ2) is 6.09. The molecule has 0 atom stereocenters. The quantitative estimate of drug-likeness (QED) is 0.605. The molecule has 1 rings (SSSR count). The Morgan fingerprint density at radius 1 is 1.38 bits per heavy atom. The van der Waals surface area contributed by atoms with Crippen LogP contribution in [0.4, 0.5) is 4.79 Å². The molecule has 1 saturated carbocycles. The van der Waals surface area contributed by atoms with Gasteiger partial charge in [0.15, 0.2) is 0 Å². The third-order valence-corrected chi connectivity index (χ3v) is 3.11. The minimum absolute atomic E-state index is 0.163. The number of hydrogen-bond donors (Lipinski definition) is 3. The first-order valence-electron chi connectivity index (χ1n) is 6.26. The molecule has 0 radical (unpaired) electrons. The van der Waals surface area contributed by atoms with Gasteiger partial charge in [0.2, 0.25) is 0 Å². The number of aliphatic hydroxyl groups is 1. The maximum atomic E-state index is 11.3. The molecule has 2 amide bonds. The highest BCUT2D eigenvalue weighted by Gasteiger charge is 2.34. The molecule has 3 N–H and O–H groups in total. The van der Waals surface area contributed by atoms with Gasteiger partial charge in [0.25, 0.3) is 0 Å². The normalized spacial score (nSPS) is 18.0. The van der Waals surface area contributed by atoms with Crippen LogP contribution in [-0.4, -0.2) is 29.8 Å². The lowest BCUT2D eigenvalue weighted by Gasteiger charge is -2.36. The molecule has 0 unspecified atom stereocenters. The number of hydrogen-bond acceptors (Lipinski definition) is 2. The van der Waals surface area contributed by atoms with E-state index in [9.17, 15) is 9.90 Å². The van der Waals surface area contributed by atoms with Gasteiger partial charge >= 0.3 is 6.03 Å². The fraction of sp³-hybridized carbons (Fsp3) is 0.917. The van der Waals surface area contributed by atoms with Crippen LogP contribution < -0.4 is 10.6 Å². The monoisotopic (exact) mass is 228 g/mol. The molecule has 1 aliphatic carbocycles. The van der Waals surface area contributed by atoms with Crippen LogP contribution in [-0.2, 0) is 0 Å². The summed E-state index contributed by atoms with van der Waals surface area (Å²) in [6.07, 6.45) is 4.81. The number of nitrogens with one attached hydrogen (secondary N) is 2. The van der Waals surface area contributed by atoms with Crippen molar-refractivity contribution in [2.45, 2.75) is 51.6 Å². The van der Waals surface area contributed by atoms with Crippen molar-refractivity contribution in [1.82, 2.24) is 10.6 Å². The van der Waals surface area contributed by atoms with Crippen molar-refractivity contribution in [3.8, 4) is 0 Å². The smallest absolute Gasteiger partial charge is 0.314 e. The first-order chi connectivity index (χ1) is 7.52. The van der Waals surface area contributed by atoms with Gasteiger partial charge in [-0.15, -0.1) is 0 Å². The third-order valence-electron chi connectivity index (χ3n) is 3.11. The van der Waals surface area contributed by atoms with Crippen LogP contribution in [0.3, 0.4) is 0 Å². The van der Waals surface area contributed by atoms with Crippen LogP contribution >= 0.6 is 0 Å². The number of urea groups is 1. The van der Waals surface area contributed by atoms with Gasteiger partial charge in [-0.3, -0.25) is 0 Å². The molecule has 0 heterocycles. The third kappa shape index (κ3) is 4.84. The fourth-order valence-corrected chi connectivity index (χ4v) is 1.78. The molecule has 94 valence electrons. The summed E-state index contributed by atoms with van der Waals surface area (Å²) >= 11 is 0. The lowest BCUT2D eigenvalue weighted by atomic mass is 9.80. The van der Waals surface area contributed by atoms with Crippen molar-refractivity contribution in [3.63, 3.8) is 0 Å². The summed E-state index contributed by atoms with van der Waals surface area (Å²) in [6.45, 7) is 5.43. The van der Waals surface area contributed by atoms with E-state index in [1.807, 2.05) is 0 Å². The molecule has 0 spiro atoms. The summed E-state index contributed by atoms with van der Waals surface area (Å²) in [4.78, 5) is 11.3. The van der Waals surface area contributed by atoms with Crippen LogP contribution in [0.25, 0.3) is 0 Å². The summed E-state index contributed by atoms with van der Waals surface area (Å²) in [6, 6.07) is -0.163.